The van der Waals surface area contributed by atoms with Gasteiger partial charge in [-0.25, -0.2) is 19.9 Å². The third-order valence-corrected chi connectivity index (χ3v) is 4.72. The number of carbonyl (C=O) groups excluding carboxylic acids is 1. The minimum atomic E-state index is -0.406. The van der Waals surface area contributed by atoms with Gasteiger partial charge in [0.2, 0.25) is 5.89 Å². The maximum Gasteiger partial charge on any atom is 0.274 e. The Balaban J connectivity index is 1.53. The number of rotatable bonds is 4. The number of nitrogens with two attached hydrogens (primary N) is 1. The summed E-state index contributed by atoms with van der Waals surface area (Å²) >= 11 is 1.53. The number of hydrogen-bond donors (Lipinski definition) is 2. The Labute approximate surface area is 152 Å². The van der Waals surface area contributed by atoms with Gasteiger partial charge in [0.1, 0.15) is 17.0 Å². The Morgan fingerprint density at radius 2 is 2.12 bits per heavy atom. The average Bonchev–Trinajstić information content (AvgIpc) is 3.30. The van der Waals surface area contributed by atoms with Gasteiger partial charge in [-0.15, -0.1) is 11.3 Å². The van der Waals surface area contributed by atoms with Crippen LogP contribution in [0.4, 0.5) is 5.82 Å². The lowest BCUT2D eigenvalue weighted by Gasteiger charge is -2.08. The predicted molar refractivity (Wildman–Crippen MR) is 97.5 cm³/mol. The van der Waals surface area contributed by atoms with Gasteiger partial charge in [-0.2, -0.15) is 0 Å². The molecule has 3 aromatic heterocycles. The molecule has 0 aliphatic carbocycles. The van der Waals surface area contributed by atoms with Crippen molar-refractivity contribution in [2.45, 2.75) is 13.5 Å². The normalized spacial score (nSPS) is 11.0. The molecule has 0 bridgehead atoms. The van der Waals surface area contributed by atoms with Gasteiger partial charge < -0.3 is 15.5 Å². The van der Waals surface area contributed by atoms with Crippen molar-refractivity contribution < 1.29 is 9.21 Å². The molecule has 4 rings (SSSR count). The lowest BCUT2D eigenvalue weighted by molar-refractivity contribution is 0.0946. The number of hydrogen-bond acceptors (Lipinski definition) is 8. The number of amides is 1. The first kappa shape index (κ1) is 16.2. The van der Waals surface area contributed by atoms with Crippen molar-refractivity contribution in [2.75, 3.05) is 5.73 Å². The van der Waals surface area contributed by atoms with Gasteiger partial charge in [-0.3, -0.25) is 4.79 Å². The molecular formula is C17H14N6O2S. The average molecular weight is 366 g/mol. The predicted octanol–water partition coefficient (Wildman–Crippen LogP) is 2.56. The second-order valence-electron chi connectivity index (χ2n) is 5.49. The van der Waals surface area contributed by atoms with Crippen LogP contribution >= 0.6 is 11.3 Å². The third-order valence-electron chi connectivity index (χ3n) is 3.69. The largest absolute Gasteiger partial charge is 0.443 e. The number of nitrogen functional groups attached to an aromatic ring is 1. The number of aryl methyl sites for hydroxylation is 1. The summed E-state index contributed by atoms with van der Waals surface area (Å²) in [5.74, 6) is -0.0787. The van der Waals surface area contributed by atoms with E-state index in [0.29, 0.717) is 23.8 Å². The van der Waals surface area contributed by atoms with E-state index in [1.807, 2.05) is 24.3 Å². The molecule has 1 amide bonds. The highest BCUT2D eigenvalue weighted by Crippen LogP contribution is 2.22. The number of oxazole rings is 1. The molecule has 0 aliphatic rings. The quantitative estimate of drug-likeness (QED) is 0.569. The van der Waals surface area contributed by atoms with Gasteiger partial charge in [0.15, 0.2) is 11.5 Å². The van der Waals surface area contributed by atoms with Crippen molar-refractivity contribution >= 4 is 33.3 Å². The monoisotopic (exact) mass is 366 g/mol. The van der Waals surface area contributed by atoms with Gasteiger partial charge in [0, 0.05) is 0 Å². The first-order valence-corrected chi connectivity index (χ1v) is 8.60. The molecule has 8 nitrogen and oxygen atoms in total. The smallest absolute Gasteiger partial charge is 0.274 e. The summed E-state index contributed by atoms with van der Waals surface area (Å²) in [6.45, 7) is 2.01. The van der Waals surface area contributed by atoms with Gasteiger partial charge >= 0.3 is 0 Å². The van der Waals surface area contributed by atoms with Crippen LogP contribution in [-0.2, 0) is 6.54 Å². The number of fused-ring (bicyclic) bond motifs is 1. The molecule has 0 fully saturated rings. The number of aromatic nitrogens is 4. The Kier molecular flexibility index (Phi) is 4.05. The molecule has 4 aromatic rings. The van der Waals surface area contributed by atoms with Crippen molar-refractivity contribution in [1.82, 2.24) is 25.3 Å². The Morgan fingerprint density at radius 1 is 1.27 bits per heavy atom. The van der Waals surface area contributed by atoms with Gasteiger partial charge in [-0.1, -0.05) is 12.1 Å². The zero-order chi connectivity index (χ0) is 18.1. The van der Waals surface area contributed by atoms with Crippen molar-refractivity contribution in [2.24, 2.45) is 0 Å². The van der Waals surface area contributed by atoms with E-state index in [4.69, 9.17) is 10.2 Å². The van der Waals surface area contributed by atoms with Crippen LogP contribution in [0.3, 0.4) is 0 Å². The summed E-state index contributed by atoms with van der Waals surface area (Å²) in [5.41, 5.74) is 7.81. The van der Waals surface area contributed by atoms with Gasteiger partial charge in [0.25, 0.3) is 5.91 Å². The Morgan fingerprint density at radius 3 is 2.88 bits per heavy atom. The van der Waals surface area contributed by atoms with Crippen molar-refractivity contribution in [1.29, 1.82) is 0 Å². The van der Waals surface area contributed by atoms with Crippen LogP contribution in [-0.4, -0.2) is 25.8 Å². The highest BCUT2D eigenvalue weighted by Gasteiger charge is 2.19. The summed E-state index contributed by atoms with van der Waals surface area (Å²) in [5, 5.41) is 3.59. The van der Waals surface area contributed by atoms with E-state index in [-0.39, 0.29) is 11.5 Å². The standard InChI is InChI=1S/C17H14N6O2S/c1-9-13(17-19-6-7-25-17)23-15(18)14(21-9)16(24)20-8-12-22-10-4-2-3-5-11(10)26-12/h2-7H,8H2,1H3,(H2,18,23)(H,20,24). The highest BCUT2D eigenvalue weighted by molar-refractivity contribution is 7.18. The molecule has 0 spiro atoms. The van der Waals surface area contributed by atoms with E-state index >= 15 is 0 Å². The number of nitrogens with zero attached hydrogens (tertiary/aromatic N) is 4. The van der Waals surface area contributed by atoms with E-state index < -0.39 is 5.91 Å². The zero-order valence-corrected chi connectivity index (χ0v) is 14.6. The Hall–Kier alpha value is -3.33. The second kappa shape index (κ2) is 6.52. The summed E-state index contributed by atoms with van der Waals surface area (Å²) < 4.78 is 6.28. The molecule has 0 aliphatic heterocycles. The van der Waals surface area contributed by atoms with E-state index in [2.05, 4.69) is 25.3 Å². The first-order chi connectivity index (χ1) is 12.6. The molecular weight excluding hydrogens is 352 g/mol. The fourth-order valence-electron chi connectivity index (χ4n) is 2.48. The van der Waals surface area contributed by atoms with Crippen molar-refractivity contribution in [3.63, 3.8) is 0 Å². The lowest BCUT2D eigenvalue weighted by atomic mass is 10.2. The minimum absolute atomic E-state index is 0.0191. The van der Waals surface area contributed by atoms with Gasteiger partial charge in [-0.05, 0) is 19.1 Å². The number of nitrogens with one attached hydrogen (secondary N) is 1. The molecule has 0 unspecified atom stereocenters. The Bertz CT molecular complexity index is 1060. The van der Waals surface area contributed by atoms with Crippen LogP contribution in [0.2, 0.25) is 0 Å². The van der Waals surface area contributed by atoms with E-state index in [9.17, 15) is 4.79 Å². The molecule has 0 atom stereocenters. The molecule has 3 N–H and O–H groups in total. The van der Waals surface area contributed by atoms with Crippen LogP contribution in [0.1, 0.15) is 21.2 Å². The molecule has 0 radical (unpaired) electrons. The summed E-state index contributed by atoms with van der Waals surface area (Å²) in [6, 6.07) is 7.81. The maximum atomic E-state index is 12.4. The summed E-state index contributed by atoms with van der Waals surface area (Å²) in [4.78, 5) is 29.4. The first-order valence-electron chi connectivity index (χ1n) is 7.78. The van der Waals surface area contributed by atoms with Gasteiger partial charge in [0.05, 0.1) is 28.7 Å². The third kappa shape index (κ3) is 3.00. The lowest BCUT2D eigenvalue weighted by Crippen LogP contribution is -2.25. The fourth-order valence-corrected chi connectivity index (χ4v) is 3.38. The molecule has 0 saturated heterocycles. The van der Waals surface area contributed by atoms with Crippen LogP contribution in [0, 0.1) is 6.92 Å². The van der Waals surface area contributed by atoms with Crippen molar-refractivity contribution in [3.05, 3.63) is 53.1 Å². The van der Waals surface area contributed by atoms with Crippen LogP contribution < -0.4 is 11.1 Å². The zero-order valence-electron chi connectivity index (χ0n) is 13.8. The van der Waals surface area contributed by atoms with Crippen LogP contribution in [0.15, 0.2) is 41.1 Å². The number of anilines is 1. The SMILES string of the molecule is Cc1nc(C(=O)NCc2nc3ccccc3s2)c(N)nc1-c1ncco1. The molecule has 1 aromatic carbocycles. The molecule has 3 heterocycles. The number of para-hydroxylation sites is 1. The highest BCUT2D eigenvalue weighted by atomic mass is 32.1. The topological polar surface area (TPSA) is 120 Å². The van der Waals surface area contributed by atoms with E-state index in [0.717, 1.165) is 15.2 Å². The number of benzene rings is 1. The molecule has 26 heavy (non-hydrogen) atoms. The summed E-state index contributed by atoms with van der Waals surface area (Å²) in [7, 11) is 0. The van der Waals surface area contributed by atoms with Crippen molar-refractivity contribution in [3.8, 4) is 11.6 Å². The molecule has 9 heteroatoms. The number of carbonyl (C=O) groups is 1. The fraction of sp³-hybridized carbons (Fsp3) is 0.118. The van der Waals surface area contributed by atoms with Crippen LogP contribution in [0.25, 0.3) is 21.8 Å². The minimum Gasteiger partial charge on any atom is -0.443 e. The van der Waals surface area contributed by atoms with E-state index in [1.54, 1.807) is 6.92 Å². The molecule has 130 valence electrons. The maximum absolute atomic E-state index is 12.4. The molecule has 0 saturated carbocycles. The van der Waals surface area contributed by atoms with E-state index in [1.165, 1.54) is 23.8 Å². The second-order valence-corrected chi connectivity index (χ2v) is 6.60. The van der Waals surface area contributed by atoms with Crippen LogP contribution in [0.5, 0.6) is 0 Å². The summed E-state index contributed by atoms with van der Waals surface area (Å²) in [6.07, 6.45) is 2.94. The number of thiazole rings is 1.